The first-order valence-corrected chi connectivity index (χ1v) is 6.11. The summed E-state index contributed by atoms with van der Waals surface area (Å²) in [6.45, 7) is 10.5. The van der Waals surface area contributed by atoms with Crippen LogP contribution >= 0.6 is 0 Å². The van der Waals surface area contributed by atoms with Gasteiger partial charge in [0.1, 0.15) is 6.10 Å². The van der Waals surface area contributed by atoms with Gasteiger partial charge in [-0.15, -0.1) is 0 Å². The molecule has 1 heteroatoms. The molecule has 92 valence electrons. The molecule has 1 rings (SSSR count). The van der Waals surface area contributed by atoms with Crippen molar-refractivity contribution in [1.82, 2.24) is 0 Å². The standard InChI is InChI=1S/C16H22O/c1-12(2)15(17)11-8-13-6-9-14(10-7-13)16(3,4)5/h6-7,9-10,12,15,17H,1-5H3. The van der Waals surface area contributed by atoms with Crippen LogP contribution in [0, 0.1) is 17.8 Å². The Labute approximate surface area is 105 Å². The molecule has 0 saturated carbocycles. The van der Waals surface area contributed by atoms with Gasteiger partial charge < -0.3 is 5.11 Å². The molecule has 0 aromatic heterocycles. The fourth-order valence-electron chi connectivity index (χ4n) is 1.38. The minimum absolute atomic E-state index is 0.170. The van der Waals surface area contributed by atoms with Crippen molar-refractivity contribution < 1.29 is 5.11 Å². The van der Waals surface area contributed by atoms with Crippen LogP contribution in [0.3, 0.4) is 0 Å². The predicted molar refractivity (Wildman–Crippen MR) is 72.9 cm³/mol. The van der Waals surface area contributed by atoms with E-state index in [0.29, 0.717) is 0 Å². The average Bonchev–Trinajstić information content (AvgIpc) is 2.25. The summed E-state index contributed by atoms with van der Waals surface area (Å²) >= 11 is 0. The van der Waals surface area contributed by atoms with E-state index in [2.05, 4.69) is 44.7 Å². The van der Waals surface area contributed by atoms with E-state index < -0.39 is 6.10 Å². The number of aliphatic hydroxyl groups excluding tert-OH is 1. The van der Waals surface area contributed by atoms with E-state index in [1.54, 1.807) is 0 Å². The zero-order valence-corrected chi connectivity index (χ0v) is 11.4. The summed E-state index contributed by atoms with van der Waals surface area (Å²) in [4.78, 5) is 0. The van der Waals surface area contributed by atoms with E-state index in [4.69, 9.17) is 0 Å². The van der Waals surface area contributed by atoms with Gasteiger partial charge in [-0.05, 0) is 29.0 Å². The van der Waals surface area contributed by atoms with Gasteiger partial charge in [0.05, 0.1) is 0 Å². The van der Waals surface area contributed by atoms with Crippen LogP contribution in [0.2, 0.25) is 0 Å². The smallest absolute Gasteiger partial charge is 0.117 e. The Morgan fingerprint density at radius 1 is 1.06 bits per heavy atom. The normalized spacial score (nSPS) is 13.1. The molecule has 0 radical (unpaired) electrons. The summed E-state index contributed by atoms with van der Waals surface area (Å²) in [6, 6.07) is 8.23. The molecule has 1 aromatic rings. The molecule has 0 saturated heterocycles. The van der Waals surface area contributed by atoms with E-state index in [9.17, 15) is 5.11 Å². The van der Waals surface area contributed by atoms with Crippen molar-refractivity contribution >= 4 is 0 Å². The van der Waals surface area contributed by atoms with Gasteiger partial charge in [0.25, 0.3) is 0 Å². The minimum atomic E-state index is -0.544. The van der Waals surface area contributed by atoms with Crippen LogP contribution in [0.25, 0.3) is 0 Å². The zero-order valence-electron chi connectivity index (χ0n) is 11.4. The highest BCUT2D eigenvalue weighted by atomic mass is 16.3. The van der Waals surface area contributed by atoms with Gasteiger partial charge in [-0.1, -0.05) is 58.6 Å². The Morgan fingerprint density at radius 3 is 2.00 bits per heavy atom. The molecule has 17 heavy (non-hydrogen) atoms. The molecule has 1 aromatic carbocycles. The molecule has 0 aliphatic heterocycles. The average molecular weight is 230 g/mol. The van der Waals surface area contributed by atoms with Crippen molar-refractivity contribution in [2.24, 2.45) is 5.92 Å². The summed E-state index contributed by atoms with van der Waals surface area (Å²) in [5, 5.41) is 9.60. The number of rotatable bonds is 1. The zero-order chi connectivity index (χ0) is 13.1. The topological polar surface area (TPSA) is 20.2 Å². The summed E-state index contributed by atoms with van der Waals surface area (Å²) in [5.74, 6) is 6.04. The monoisotopic (exact) mass is 230 g/mol. The number of hydrogen-bond donors (Lipinski definition) is 1. The minimum Gasteiger partial charge on any atom is -0.380 e. The molecular weight excluding hydrogens is 208 g/mol. The van der Waals surface area contributed by atoms with Crippen molar-refractivity contribution in [3.05, 3.63) is 35.4 Å². The van der Waals surface area contributed by atoms with Crippen molar-refractivity contribution in [3.63, 3.8) is 0 Å². The largest absolute Gasteiger partial charge is 0.380 e. The van der Waals surface area contributed by atoms with Gasteiger partial charge >= 0.3 is 0 Å². The predicted octanol–water partition coefficient (Wildman–Crippen LogP) is 3.35. The molecular formula is C16H22O. The maximum absolute atomic E-state index is 9.60. The Morgan fingerprint density at radius 2 is 1.59 bits per heavy atom. The van der Waals surface area contributed by atoms with E-state index in [-0.39, 0.29) is 11.3 Å². The van der Waals surface area contributed by atoms with Gasteiger partial charge in [0.15, 0.2) is 0 Å². The SMILES string of the molecule is CC(C)C(O)C#Cc1ccc(C(C)(C)C)cc1. The molecule has 1 atom stereocenters. The maximum atomic E-state index is 9.60. The van der Waals surface area contributed by atoms with Crippen molar-refractivity contribution in [2.75, 3.05) is 0 Å². The Kier molecular flexibility index (Phi) is 4.37. The Bertz CT molecular complexity index is 410. The van der Waals surface area contributed by atoms with Crippen molar-refractivity contribution in [3.8, 4) is 11.8 Å². The molecule has 0 amide bonds. The van der Waals surface area contributed by atoms with Crippen LogP contribution in [0.5, 0.6) is 0 Å². The summed E-state index contributed by atoms with van der Waals surface area (Å²) in [7, 11) is 0. The molecule has 0 spiro atoms. The van der Waals surface area contributed by atoms with Gasteiger partial charge in [0, 0.05) is 5.56 Å². The third kappa shape index (κ3) is 4.24. The van der Waals surface area contributed by atoms with Gasteiger partial charge in [0.2, 0.25) is 0 Å². The van der Waals surface area contributed by atoms with Crippen LogP contribution in [-0.4, -0.2) is 11.2 Å². The highest BCUT2D eigenvalue weighted by Gasteiger charge is 2.12. The quantitative estimate of drug-likeness (QED) is 0.734. The Hall–Kier alpha value is -1.26. The second-order valence-electron chi connectivity index (χ2n) is 5.79. The summed E-state index contributed by atoms with van der Waals surface area (Å²) in [6.07, 6.45) is -0.544. The summed E-state index contributed by atoms with van der Waals surface area (Å²) < 4.78 is 0. The first kappa shape index (κ1) is 13.8. The molecule has 1 unspecified atom stereocenters. The molecule has 0 heterocycles. The lowest BCUT2D eigenvalue weighted by Crippen LogP contribution is -2.11. The summed E-state index contributed by atoms with van der Waals surface area (Å²) in [5.41, 5.74) is 2.42. The van der Waals surface area contributed by atoms with E-state index in [1.807, 2.05) is 26.0 Å². The highest BCUT2D eigenvalue weighted by Crippen LogP contribution is 2.21. The molecule has 0 fully saturated rings. The molecule has 0 aliphatic rings. The third-order valence-electron chi connectivity index (χ3n) is 2.75. The van der Waals surface area contributed by atoms with Crippen LogP contribution in [0.4, 0.5) is 0 Å². The van der Waals surface area contributed by atoms with Crippen LogP contribution in [0.1, 0.15) is 45.7 Å². The van der Waals surface area contributed by atoms with Crippen molar-refractivity contribution in [1.29, 1.82) is 0 Å². The van der Waals surface area contributed by atoms with Gasteiger partial charge in [-0.3, -0.25) is 0 Å². The first-order valence-electron chi connectivity index (χ1n) is 6.11. The second kappa shape index (κ2) is 5.38. The van der Waals surface area contributed by atoms with Crippen LogP contribution < -0.4 is 0 Å². The second-order valence-corrected chi connectivity index (χ2v) is 5.79. The molecule has 1 N–H and O–H groups in total. The number of benzene rings is 1. The van der Waals surface area contributed by atoms with E-state index in [1.165, 1.54) is 5.56 Å². The molecule has 1 nitrogen and oxygen atoms in total. The first-order chi connectivity index (χ1) is 7.80. The van der Waals surface area contributed by atoms with E-state index >= 15 is 0 Å². The lowest BCUT2D eigenvalue weighted by molar-refractivity contribution is 0.181. The van der Waals surface area contributed by atoms with Crippen molar-refractivity contribution in [2.45, 2.75) is 46.1 Å². The van der Waals surface area contributed by atoms with Crippen LogP contribution in [0.15, 0.2) is 24.3 Å². The number of hydrogen-bond acceptors (Lipinski definition) is 1. The third-order valence-corrected chi connectivity index (χ3v) is 2.75. The maximum Gasteiger partial charge on any atom is 0.117 e. The lowest BCUT2D eigenvalue weighted by atomic mass is 9.87. The lowest BCUT2D eigenvalue weighted by Gasteiger charge is -2.18. The van der Waals surface area contributed by atoms with Gasteiger partial charge in [-0.25, -0.2) is 0 Å². The van der Waals surface area contributed by atoms with Crippen LogP contribution in [-0.2, 0) is 5.41 Å². The fraction of sp³-hybridized carbons (Fsp3) is 0.500. The van der Waals surface area contributed by atoms with E-state index in [0.717, 1.165) is 5.56 Å². The molecule has 0 aliphatic carbocycles. The fourth-order valence-corrected chi connectivity index (χ4v) is 1.38. The number of aliphatic hydroxyl groups is 1. The highest BCUT2D eigenvalue weighted by molar-refractivity contribution is 5.38. The molecule has 0 bridgehead atoms. The Balaban J connectivity index is 2.82. The van der Waals surface area contributed by atoms with Gasteiger partial charge in [-0.2, -0.15) is 0 Å².